The molecule has 1 aliphatic heterocycles. The van der Waals surface area contributed by atoms with E-state index in [1.165, 1.54) is 12.5 Å². The Balaban J connectivity index is 1.98. The van der Waals surface area contributed by atoms with Gasteiger partial charge in [-0.1, -0.05) is 29.8 Å². The van der Waals surface area contributed by atoms with Gasteiger partial charge in [-0.05, 0) is 25.3 Å². The number of hydrogen-bond acceptors (Lipinski definition) is 2. The zero-order valence-electron chi connectivity index (χ0n) is 12.3. The second-order valence-electron chi connectivity index (χ2n) is 5.45. The van der Waals surface area contributed by atoms with Crippen LogP contribution in [0.3, 0.4) is 0 Å². The lowest BCUT2D eigenvalue weighted by Gasteiger charge is -2.24. The molecule has 1 heterocycles. The summed E-state index contributed by atoms with van der Waals surface area (Å²) >= 11 is 0. The smallest absolute Gasteiger partial charge is 0.242 e. The van der Waals surface area contributed by atoms with Crippen molar-refractivity contribution in [2.75, 3.05) is 19.6 Å². The number of likely N-dealkylation sites (tertiary alicyclic amines) is 1. The molecule has 0 spiro atoms. The van der Waals surface area contributed by atoms with Crippen LogP contribution in [0.15, 0.2) is 24.3 Å². The van der Waals surface area contributed by atoms with Gasteiger partial charge in [0.2, 0.25) is 11.8 Å². The molecule has 4 nitrogen and oxygen atoms in total. The highest BCUT2D eigenvalue weighted by Crippen LogP contribution is 2.11. The molecule has 1 fully saturated rings. The molecule has 2 amide bonds. The third-order valence-corrected chi connectivity index (χ3v) is 3.72. The molecule has 0 radical (unpaired) electrons. The van der Waals surface area contributed by atoms with E-state index in [0.29, 0.717) is 6.54 Å². The molecule has 0 N–H and O–H groups in total. The highest BCUT2D eigenvalue weighted by atomic mass is 16.2. The Morgan fingerprint density at radius 2 is 1.75 bits per heavy atom. The lowest BCUT2D eigenvalue weighted by atomic mass is 10.1. The number of amides is 2. The van der Waals surface area contributed by atoms with Crippen molar-refractivity contribution in [1.82, 2.24) is 9.80 Å². The summed E-state index contributed by atoms with van der Waals surface area (Å²) in [5.74, 6) is 0.00272. The molecule has 0 atom stereocenters. The Labute approximate surface area is 120 Å². The quantitative estimate of drug-likeness (QED) is 0.842. The fraction of sp³-hybridized carbons (Fsp3) is 0.500. The molecule has 0 bridgehead atoms. The van der Waals surface area contributed by atoms with E-state index in [4.69, 9.17) is 0 Å². The summed E-state index contributed by atoms with van der Waals surface area (Å²) in [7, 11) is 0. The van der Waals surface area contributed by atoms with E-state index in [0.717, 1.165) is 31.5 Å². The second kappa shape index (κ2) is 6.55. The van der Waals surface area contributed by atoms with Crippen molar-refractivity contribution >= 4 is 11.8 Å². The molecule has 2 rings (SSSR count). The first-order valence-corrected chi connectivity index (χ1v) is 7.15. The highest BCUT2D eigenvalue weighted by Gasteiger charge is 2.21. The number of carbonyl (C=O) groups excluding carboxylic acids is 2. The van der Waals surface area contributed by atoms with Gasteiger partial charge in [-0.3, -0.25) is 9.59 Å². The summed E-state index contributed by atoms with van der Waals surface area (Å²) < 4.78 is 0. The number of nitrogens with zero attached hydrogens (tertiary/aromatic N) is 2. The molecule has 1 aliphatic rings. The molecule has 1 aromatic carbocycles. The van der Waals surface area contributed by atoms with Gasteiger partial charge in [-0.25, -0.2) is 0 Å². The molecule has 4 heteroatoms. The third kappa shape index (κ3) is 3.83. The van der Waals surface area contributed by atoms with Gasteiger partial charge in [0.25, 0.3) is 0 Å². The fourth-order valence-electron chi connectivity index (χ4n) is 2.42. The normalized spacial score (nSPS) is 14.4. The molecule has 0 aromatic heterocycles. The monoisotopic (exact) mass is 274 g/mol. The van der Waals surface area contributed by atoms with Gasteiger partial charge in [0, 0.05) is 26.6 Å². The zero-order chi connectivity index (χ0) is 14.5. The van der Waals surface area contributed by atoms with Gasteiger partial charge in [-0.2, -0.15) is 0 Å². The predicted molar refractivity (Wildman–Crippen MR) is 78.1 cm³/mol. The Kier molecular flexibility index (Phi) is 4.77. The van der Waals surface area contributed by atoms with E-state index in [9.17, 15) is 9.59 Å². The van der Waals surface area contributed by atoms with Crippen LogP contribution in [0, 0.1) is 6.92 Å². The number of hydrogen-bond donors (Lipinski definition) is 0. The first kappa shape index (κ1) is 14.6. The lowest BCUT2D eigenvalue weighted by Crippen LogP contribution is -2.40. The van der Waals surface area contributed by atoms with Crippen LogP contribution in [0.1, 0.15) is 30.9 Å². The maximum atomic E-state index is 12.1. The first-order valence-electron chi connectivity index (χ1n) is 7.15. The minimum atomic E-state index is -0.0573. The van der Waals surface area contributed by atoms with Crippen molar-refractivity contribution in [2.24, 2.45) is 0 Å². The summed E-state index contributed by atoms with van der Waals surface area (Å²) in [6, 6.07) is 8.06. The molecule has 0 unspecified atom stereocenters. The van der Waals surface area contributed by atoms with Crippen molar-refractivity contribution in [3.8, 4) is 0 Å². The number of carbonyl (C=O) groups is 2. The predicted octanol–water partition coefficient (Wildman–Crippen LogP) is 1.97. The molecular weight excluding hydrogens is 252 g/mol. The average Bonchev–Trinajstić information content (AvgIpc) is 2.94. The van der Waals surface area contributed by atoms with Crippen molar-refractivity contribution in [3.63, 3.8) is 0 Å². The largest absolute Gasteiger partial charge is 0.341 e. The van der Waals surface area contributed by atoms with Crippen molar-refractivity contribution in [2.45, 2.75) is 33.2 Å². The van der Waals surface area contributed by atoms with Gasteiger partial charge in [0.05, 0.1) is 0 Å². The first-order chi connectivity index (χ1) is 9.56. The number of rotatable bonds is 4. The van der Waals surface area contributed by atoms with E-state index in [2.05, 4.69) is 0 Å². The summed E-state index contributed by atoms with van der Waals surface area (Å²) in [5, 5.41) is 0. The van der Waals surface area contributed by atoms with Gasteiger partial charge >= 0.3 is 0 Å². The summed E-state index contributed by atoms with van der Waals surface area (Å²) in [6.07, 6.45) is 2.15. The Hall–Kier alpha value is -1.84. The Morgan fingerprint density at radius 3 is 2.30 bits per heavy atom. The molecular formula is C16H22N2O2. The van der Waals surface area contributed by atoms with Crippen LogP contribution in [-0.2, 0) is 16.1 Å². The molecule has 20 heavy (non-hydrogen) atoms. The van der Waals surface area contributed by atoms with E-state index in [-0.39, 0.29) is 18.4 Å². The minimum absolute atomic E-state index is 0.0573. The zero-order valence-corrected chi connectivity index (χ0v) is 12.3. The standard InChI is InChI=1S/C16H22N2O2/c1-13-5-7-15(8-6-13)11-18(14(2)19)12-16(20)17-9-3-4-10-17/h5-8H,3-4,9-12H2,1-2H3. The third-order valence-electron chi connectivity index (χ3n) is 3.72. The van der Waals surface area contributed by atoms with E-state index >= 15 is 0 Å². The highest BCUT2D eigenvalue weighted by molar-refractivity contribution is 5.84. The van der Waals surface area contributed by atoms with Crippen molar-refractivity contribution < 1.29 is 9.59 Å². The number of aryl methyl sites for hydroxylation is 1. The van der Waals surface area contributed by atoms with E-state index < -0.39 is 0 Å². The van der Waals surface area contributed by atoms with Gasteiger partial charge in [-0.15, -0.1) is 0 Å². The summed E-state index contributed by atoms with van der Waals surface area (Å²) in [4.78, 5) is 27.3. The molecule has 0 aliphatic carbocycles. The van der Waals surface area contributed by atoms with Crippen LogP contribution in [0.25, 0.3) is 0 Å². The minimum Gasteiger partial charge on any atom is -0.341 e. The maximum absolute atomic E-state index is 12.1. The van der Waals surface area contributed by atoms with Crippen LogP contribution >= 0.6 is 0 Å². The summed E-state index contributed by atoms with van der Waals surface area (Å²) in [6.45, 7) is 5.89. The second-order valence-corrected chi connectivity index (χ2v) is 5.45. The van der Waals surface area contributed by atoms with Crippen LogP contribution in [0.2, 0.25) is 0 Å². The van der Waals surface area contributed by atoms with E-state index in [1.807, 2.05) is 36.1 Å². The van der Waals surface area contributed by atoms with Crippen LogP contribution < -0.4 is 0 Å². The van der Waals surface area contributed by atoms with Crippen LogP contribution in [-0.4, -0.2) is 41.2 Å². The van der Waals surface area contributed by atoms with Gasteiger partial charge < -0.3 is 9.80 Å². The molecule has 0 saturated carbocycles. The topological polar surface area (TPSA) is 40.6 Å². The Bertz CT molecular complexity index is 476. The molecule has 108 valence electrons. The lowest BCUT2D eigenvalue weighted by molar-refractivity contribution is -0.139. The molecule has 1 aromatic rings. The Morgan fingerprint density at radius 1 is 1.15 bits per heavy atom. The van der Waals surface area contributed by atoms with Gasteiger partial charge in [0.15, 0.2) is 0 Å². The van der Waals surface area contributed by atoms with Crippen LogP contribution in [0.5, 0.6) is 0 Å². The van der Waals surface area contributed by atoms with Crippen molar-refractivity contribution in [1.29, 1.82) is 0 Å². The maximum Gasteiger partial charge on any atom is 0.242 e. The number of benzene rings is 1. The van der Waals surface area contributed by atoms with Crippen molar-refractivity contribution in [3.05, 3.63) is 35.4 Å². The summed E-state index contributed by atoms with van der Waals surface area (Å²) in [5.41, 5.74) is 2.25. The fourth-order valence-corrected chi connectivity index (χ4v) is 2.42. The van der Waals surface area contributed by atoms with Crippen LogP contribution in [0.4, 0.5) is 0 Å². The molecule has 1 saturated heterocycles. The SMILES string of the molecule is CC(=O)N(CC(=O)N1CCCC1)Cc1ccc(C)cc1. The van der Waals surface area contributed by atoms with E-state index in [1.54, 1.807) is 4.90 Å². The average molecular weight is 274 g/mol. The van der Waals surface area contributed by atoms with Gasteiger partial charge in [0.1, 0.15) is 6.54 Å².